The molecule has 0 aliphatic heterocycles. The summed E-state index contributed by atoms with van der Waals surface area (Å²) >= 11 is 5.94. The SMILES string of the molecule is C#CCCOc1cc(Cl)nc(-c2ccccc2)n1. The molecule has 0 N–H and O–H groups in total. The van der Waals surface area contributed by atoms with Gasteiger partial charge in [-0.3, -0.25) is 0 Å². The third-order valence-electron chi connectivity index (χ3n) is 2.20. The third kappa shape index (κ3) is 3.22. The van der Waals surface area contributed by atoms with Crippen LogP contribution < -0.4 is 4.74 Å². The van der Waals surface area contributed by atoms with E-state index in [9.17, 15) is 0 Å². The predicted octanol–water partition coefficient (Wildman–Crippen LogP) is 3.20. The molecule has 0 spiro atoms. The molecule has 0 amide bonds. The van der Waals surface area contributed by atoms with Crippen molar-refractivity contribution in [2.24, 2.45) is 0 Å². The van der Waals surface area contributed by atoms with E-state index in [4.69, 9.17) is 22.8 Å². The van der Waals surface area contributed by atoms with Crippen LogP contribution in [0, 0.1) is 12.3 Å². The van der Waals surface area contributed by atoms with Crippen LogP contribution >= 0.6 is 11.6 Å². The summed E-state index contributed by atoms with van der Waals surface area (Å²) in [4.78, 5) is 8.46. The van der Waals surface area contributed by atoms with E-state index in [1.807, 2.05) is 30.3 Å². The quantitative estimate of drug-likeness (QED) is 0.480. The van der Waals surface area contributed by atoms with Gasteiger partial charge in [-0.1, -0.05) is 41.9 Å². The lowest BCUT2D eigenvalue weighted by molar-refractivity contribution is 0.314. The van der Waals surface area contributed by atoms with Gasteiger partial charge < -0.3 is 4.74 Å². The molecule has 0 aliphatic rings. The van der Waals surface area contributed by atoms with Gasteiger partial charge in [0, 0.05) is 18.1 Å². The van der Waals surface area contributed by atoms with Gasteiger partial charge in [-0.2, -0.15) is 4.98 Å². The highest BCUT2D eigenvalue weighted by molar-refractivity contribution is 6.29. The number of hydrogen-bond acceptors (Lipinski definition) is 3. The van der Waals surface area contributed by atoms with E-state index in [0.29, 0.717) is 29.9 Å². The molecular formula is C14H11ClN2O. The van der Waals surface area contributed by atoms with Gasteiger partial charge in [-0.05, 0) is 0 Å². The molecule has 0 bridgehead atoms. The molecular weight excluding hydrogens is 248 g/mol. The number of benzene rings is 1. The summed E-state index contributed by atoms with van der Waals surface area (Å²) in [6.07, 6.45) is 5.68. The zero-order chi connectivity index (χ0) is 12.8. The first-order valence-corrected chi connectivity index (χ1v) is 5.83. The monoisotopic (exact) mass is 258 g/mol. The van der Waals surface area contributed by atoms with Gasteiger partial charge in [0.2, 0.25) is 5.88 Å². The largest absolute Gasteiger partial charge is 0.477 e. The Bertz CT molecular complexity index is 564. The lowest BCUT2D eigenvalue weighted by Gasteiger charge is -2.06. The highest BCUT2D eigenvalue weighted by Crippen LogP contribution is 2.21. The molecule has 18 heavy (non-hydrogen) atoms. The summed E-state index contributed by atoms with van der Waals surface area (Å²) < 4.78 is 5.41. The molecule has 1 aromatic carbocycles. The predicted molar refractivity (Wildman–Crippen MR) is 71.4 cm³/mol. The molecule has 4 heteroatoms. The summed E-state index contributed by atoms with van der Waals surface area (Å²) in [5.74, 6) is 3.47. The van der Waals surface area contributed by atoms with E-state index in [0.717, 1.165) is 5.56 Å². The summed E-state index contributed by atoms with van der Waals surface area (Å²) in [6, 6.07) is 11.2. The normalized spacial score (nSPS) is 9.78. The summed E-state index contributed by atoms with van der Waals surface area (Å²) in [7, 11) is 0. The molecule has 0 atom stereocenters. The Labute approximate surface area is 111 Å². The van der Waals surface area contributed by atoms with Crippen LogP contribution in [0.1, 0.15) is 6.42 Å². The second-order valence-corrected chi connectivity index (χ2v) is 3.91. The van der Waals surface area contributed by atoms with Crippen LogP contribution in [0.2, 0.25) is 5.15 Å². The zero-order valence-corrected chi connectivity index (χ0v) is 10.4. The van der Waals surface area contributed by atoms with E-state index in [2.05, 4.69) is 15.9 Å². The number of ether oxygens (including phenoxy) is 1. The van der Waals surface area contributed by atoms with Gasteiger partial charge in [0.1, 0.15) is 11.8 Å². The van der Waals surface area contributed by atoms with Crippen molar-refractivity contribution in [2.45, 2.75) is 6.42 Å². The number of halogens is 1. The maximum Gasteiger partial charge on any atom is 0.218 e. The van der Waals surface area contributed by atoms with E-state index < -0.39 is 0 Å². The molecule has 0 saturated heterocycles. The van der Waals surface area contributed by atoms with E-state index in [1.54, 1.807) is 6.07 Å². The van der Waals surface area contributed by atoms with Gasteiger partial charge in [0.05, 0.1) is 0 Å². The second kappa shape index (κ2) is 6.04. The topological polar surface area (TPSA) is 35.0 Å². The van der Waals surface area contributed by atoms with Crippen LogP contribution in [0.5, 0.6) is 5.88 Å². The molecule has 90 valence electrons. The van der Waals surface area contributed by atoms with Crippen LogP contribution in [0.25, 0.3) is 11.4 Å². The van der Waals surface area contributed by atoms with Crippen LogP contribution in [-0.2, 0) is 0 Å². The average molecular weight is 259 g/mol. The molecule has 1 heterocycles. The number of terminal acetylenes is 1. The molecule has 0 aliphatic carbocycles. The fourth-order valence-electron chi connectivity index (χ4n) is 1.40. The first-order valence-electron chi connectivity index (χ1n) is 5.46. The summed E-state index contributed by atoms with van der Waals surface area (Å²) in [5.41, 5.74) is 0.891. The maximum absolute atomic E-state index is 5.94. The smallest absolute Gasteiger partial charge is 0.218 e. The lowest BCUT2D eigenvalue weighted by atomic mass is 10.2. The van der Waals surface area contributed by atoms with E-state index in [-0.39, 0.29) is 0 Å². The van der Waals surface area contributed by atoms with Crippen LogP contribution in [0.15, 0.2) is 36.4 Å². The molecule has 2 aromatic rings. The van der Waals surface area contributed by atoms with Crippen molar-refractivity contribution in [1.29, 1.82) is 0 Å². The third-order valence-corrected chi connectivity index (χ3v) is 2.39. The minimum Gasteiger partial charge on any atom is -0.477 e. The number of rotatable bonds is 4. The minimum absolute atomic E-state index is 0.347. The summed E-state index contributed by atoms with van der Waals surface area (Å²) in [5, 5.41) is 0.347. The molecule has 0 unspecified atom stereocenters. The molecule has 3 nitrogen and oxygen atoms in total. The lowest BCUT2D eigenvalue weighted by Crippen LogP contribution is -2.00. The fourth-order valence-corrected chi connectivity index (χ4v) is 1.58. The van der Waals surface area contributed by atoms with Gasteiger partial charge in [-0.15, -0.1) is 12.3 Å². The van der Waals surface area contributed by atoms with Crippen molar-refractivity contribution in [1.82, 2.24) is 9.97 Å². The Balaban J connectivity index is 2.25. The molecule has 2 rings (SSSR count). The van der Waals surface area contributed by atoms with Crippen molar-refractivity contribution in [3.8, 4) is 29.6 Å². The highest BCUT2D eigenvalue weighted by atomic mass is 35.5. The molecule has 0 saturated carbocycles. The minimum atomic E-state index is 0.347. The number of hydrogen-bond donors (Lipinski definition) is 0. The van der Waals surface area contributed by atoms with Crippen molar-refractivity contribution in [2.75, 3.05) is 6.61 Å². The van der Waals surface area contributed by atoms with Gasteiger partial charge in [0.15, 0.2) is 5.82 Å². The Kier molecular flexibility index (Phi) is 4.16. The van der Waals surface area contributed by atoms with Crippen LogP contribution in [0.4, 0.5) is 0 Å². The van der Waals surface area contributed by atoms with Crippen molar-refractivity contribution < 1.29 is 4.74 Å². The van der Waals surface area contributed by atoms with E-state index in [1.165, 1.54) is 0 Å². The highest BCUT2D eigenvalue weighted by Gasteiger charge is 2.06. The first-order chi connectivity index (χ1) is 8.79. The number of aromatic nitrogens is 2. The van der Waals surface area contributed by atoms with Gasteiger partial charge in [-0.25, -0.2) is 4.98 Å². The standard InChI is InChI=1S/C14H11ClN2O/c1-2-3-9-18-13-10-12(15)16-14(17-13)11-7-5-4-6-8-11/h1,4-8,10H,3,9H2. The average Bonchev–Trinajstić information content (AvgIpc) is 2.39. The molecule has 0 radical (unpaired) electrons. The van der Waals surface area contributed by atoms with Gasteiger partial charge in [0.25, 0.3) is 0 Å². The Morgan fingerprint density at radius 1 is 1.22 bits per heavy atom. The van der Waals surface area contributed by atoms with Gasteiger partial charge >= 0.3 is 0 Å². The van der Waals surface area contributed by atoms with Crippen molar-refractivity contribution >= 4 is 11.6 Å². The van der Waals surface area contributed by atoms with E-state index >= 15 is 0 Å². The fraction of sp³-hybridized carbons (Fsp3) is 0.143. The van der Waals surface area contributed by atoms with Crippen LogP contribution in [-0.4, -0.2) is 16.6 Å². The Hall–Kier alpha value is -2.05. The first kappa shape index (κ1) is 12.4. The second-order valence-electron chi connectivity index (χ2n) is 3.52. The zero-order valence-electron chi connectivity index (χ0n) is 9.64. The van der Waals surface area contributed by atoms with Crippen molar-refractivity contribution in [3.05, 3.63) is 41.6 Å². The van der Waals surface area contributed by atoms with Crippen LogP contribution in [0.3, 0.4) is 0 Å². The Morgan fingerprint density at radius 2 is 2.00 bits per heavy atom. The summed E-state index contributed by atoms with van der Waals surface area (Å²) in [6.45, 7) is 0.415. The molecule has 0 fully saturated rings. The van der Waals surface area contributed by atoms with Crippen molar-refractivity contribution in [3.63, 3.8) is 0 Å². The number of nitrogens with zero attached hydrogens (tertiary/aromatic N) is 2. The maximum atomic E-state index is 5.94. The molecule has 1 aromatic heterocycles. The Morgan fingerprint density at radius 3 is 2.72 bits per heavy atom.